The first-order valence-electron chi connectivity index (χ1n) is 21.1. The van der Waals surface area contributed by atoms with E-state index >= 15 is 0 Å². The lowest BCUT2D eigenvalue weighted by atomic mass is 9.90. The first-order chi connectivity index (χ1) is 28.4. The van der Waals surface area contributed by atoms with Gasteiger partial charge in [0.25, 0.3) is 0 Å². The number of rotatable bonds is 6. The molecule has 0 saturated carbocycles. The zero-order valence-corrected chi connectivity index (χ0v) is 25.5. The Morgan fingerprint density at radius 1 is 0.458 bits per heavy atom. The van der Waals surface area contributed by atoms with Crippen molar-refractivity contribution in [2.45, 2.75) is 0 Å². The van der Waals surface area contributed by atoms with Crippen LogP contribution in [0.5, 0.6) is 0 Å². The Hall–Kier alpha value is -6.38. The second-order valence-corrected chi connectivity index (χ2v) is 11.3. The highest BCUT2D eigenvalue weighted by atomic mass is 15.1. The van der Waals surface area contributed by atoms with Gasteiger partial charge in [-0.1, -0.05) is 139 Å². The Kier molecular flexibility index (Phi) is 4.58. The Morgan fingerprint density at radius 3 is 1.94 bits per heavy atom. The van der Waals surface area contributed by atoms with Gasteiger partial charge >= 0.3 is 0 Å². The van der Waals surface area contributed by atoms with Crippen LogP contribution >= 0.6 is 0 Å². The fourth-order valence-electron chi connectivity index (χ4n) is 6.57. The molecule has 1 aromatic heterocycles. The molecule has 0 fully saturated rings. The van der Waals surface area contributed by atoms with Gasteiger partial charge in [0.2, 0.25) is 0 Å². The van der Waals surface area contributed by atoms with Gasteiger partial charge in [-0.05, 0) is 87.6 Å². The Labute approximate surface area is 295 Å². The molecule has 0 aliphatic carbocycles. The molecular formula is C46H32N2. The summed E-state index contributed by atoms with van der Waals surface area (Å²) >= 11 is 0. The topological polar surface area (TPSA) is 8.17 Å². The second kappa shape index (κ2) is 11.8. The molecule has 0 atom stereocenters. The minimum atomic E-state index is -0.640. The minimum Gasteiger partial charge on any atom is -0.310 e. The molecule has 1 heterocycles. The van der Waals surface area contributed by atoms with Crippen LogP contribution < -0.4 is 4.90 Å². The Bertz CT molecular complexity index is 3140. The van der Waals surface area contributed by atoms with Gasteiger partial charge in [0, 0.05) is 27.8 Å². The fraction of sp³-hybridized carbons (Fsp3) is 0. The number of hydrogen-bond acceptors (Lipinski definition) is 1. The van der Waals surface area contributed by atoms with E-state index in [0.29, 0.717) is 5.56 Å². The molecule has 0 aliphatic heterocycles. The van der Waals surface area contributed by atoms with E-state index < -0.39 is 66.5 Å². The van der Waals surface area contributed by atoms with E-state index in [0.717, 1.165) is 44.6 Å². The van der Waals surface area contributed by atoms with E-state index in [1.165, 1.54) is 0 Å². The van der Waals surface area contributed by atoms with Crippen molar-refractivity contribution in [1.29, 1.82) is 0 Å². The Balaban J connectivity index is 1.32. The number of anilines is 3. The van der Waals surface area contributed by atoms with Crippen LogP contribution in [0, 0.1) is 0 Å². The number of para-hydroxylation sites is 3. The quantitative estimate of drug-likeness (QED) is 0.179. The summed E-state index contributed by atoms with van der Waals surface area (Å²) in [5.74, 6) is 0. The maximum atomic E-state index is 9.33. The summed E-state index contributed by atoms with van der Waals surface area (Å²) in [6.45, 7) is 0. The molecule has 0 spiro atoms. The number of hydrogen-bond donors (Lipinski definition) is 0. The highest BCUT2D eigenvalue weighted by Crippen LogP contribution is 2.45. The molecule has 2 heteroatoms. The van der Waals surface area contributed by atoms with Crippen LogP contribution in [-0.2, 0) is 0 Å². The van der Waals surface area contributed by atoms with E-state index in [-0.39, 0.29) is 27.5 Å². The van der Waals surface area contributed by atoms with Gasteiger partial charge in [0.1, 0.15) is 0 Å². The van der Waals surface area contributed by atoms with Gasteiger partial charge in [0.05, 0.1) is 31.8 Å². The molecule has 226 valence electrons. The molecule has 0 radical (unpaired) electrons. The molecule has 0 unspecified atom stereocenters. The molecule has 9 rings (SSSR count). The number of nitrogens with zero attached hydrogens (tertiary/aromatic N) is 2. The van der Waals surface area contributed by atoms with E-state index in [1.54, 1.807) is 12.1 Å². The van der Waals surface area contributed by atoms with Crippen molar-refractivity contribution in [2.75, 3.05) is 4.90 Å². The first kappa shape index (κ1) is 18.7. The van der Waals surface area contributed by atoms with E-state index in [1.807, 2.05) is 78.9 Å². The molecule has 0 aliphatic rings. The van der Waals surface area contributed by atoms with E-state index in [4.69, 9.17) is 13.7 Å². The summed E-state index contributed by atoms with van der Waals surface area (Å²) < 4.78 is 98.3. The van der Waals surface area contributed by atoms with Crippen LogP contribution in [0.1, 0.15) is 15.1 Å². The number of benzene rings is 8. The van der Waals surface area contributed by atoms with Crippen molar-refractivity contribution in [1.82, 2.24) is 4.57 Å². The van der Waals surface area contributed by atoms with Gasteiger partial charge in [-0.15, -0.1) is 0 Å². The lowest BCUT2D eigenvalue weighted by Crippen LogP contribution is -2.10. The summed E-state index contributed by atoms with van der Waals surface area (Å²) in [4.78, 5) is 2.12. The van der Waals surface area contributed by atoms with Crippen LogP contribution in [0.15, 0.2) is 194 Å². The average molecular weight is 624 g/mol. The van der Waals surface area contributed by atoms with Crippen LogP contribution in [0.25, 0.3) is 60.5 Å². The van der Waals surface area contributed by atoms with Gasteiger partial charge in [-0.3, -0.25) is 0 Å². The fourth-order valence-corrected chi connectivity index (χ4v) is 6.57. The number of fused-ring (bicyclic) bond motifs is 4. The zero-order valence-electron chi connectivity index (χ0n) is 36.5. The third kappa shape index (κ3) is 4.66. The van der Waals surface area contributed by atoms with Gasteiger partial charge in [0.15, 0.2) is 0 Å². The third-order valence-corrected chi connectivity index (χ3v) is 8.61. The van der Waals surface area contributed by atoms with Crippen molar-refractivity contribution < 1.29 is 15.1 Å². The summed E-state index contributed by atoms with van der Waals surface area (Å²) in [7, 11) is 0. The largest absolute Gasteiger partial charge is 0.310 e. The number of aromatic nitrogens is 1. The van der Waals surface area contributed by atoms with Crippen LogP contribution in [0.2, 0.25) is 0 Å². The minimum absolute atomic E-state index is 0.00287. The van der Waals surface area contributed by atoms with Gasteiger partial charge < -0.3 is 9.47 Å². The zero-order chi connectivity index (χ0) is 41.4. The highest BCUT2D eigenvalue weighted by Gasteiger charge is 2.21. The molecule has 9 aromatic rings. The molecule has 2 nitrogen and oxygen atoms in total. The van der Waals surface area contributed by atoms with Crippen molar-refractivity contribution in [2.24, 2.45) is 0 Å². The van der Waals surface area contributed by atoms with E-state index in [9.17, 15) is 1.37 Å². The van der Waals surface area contributed by atoms with Gasteiger partial charge in [-0.25, -0.2) is 0 Å². The SMILES string of the molecule is [2H]c1c([2H])c([2H])c(-c2c(-c3ccc(N(c4ccccc4)c4cccc5c4c4ccccc4n5-c4ccccc4)cc3)c([2H])c([2H])c3c([2H])c([2H])c([2H])c([2H])c23)c([2H])c1[2H]. The van der Waals surface area contributed by atoms with Crippen LogP contribution in [0.3, 0.4) is 0 Å². The van der Waals surface area contributed by atoms with Crippen LogP contribution in [-0.4, -0.2) is 4.57 Å². The Morgan fingerprint density at radius 2 is 1.12 bits per heavy atom. The summed E-state index contributed by atoms with van der Waals surface area (Å²) in [6, 6.07) is 35.2. The smallest absolute Gasteiger partial charge is 0.0630 e. The molecule has 0 N–H and O–H groups in total. The standard InChI is InChI=1S/C46H32N2/c1-4-16-35(17-5-1)45-39-22-11-10-15-33(39)29-32-40(45)34-27-30-38(31-28-34)47(36-18-6-2-7-19-36)43-25-14-26-44-46(43)41-23-12-13-24-42(41)48(44)37-20-8-3-9-21-37/h1-32H/i1D,4D,5D,10D,11D,15D,16D,17D,22D,29D,32D. The molecular weight excluding hydrogens is 581 g/mol. The van der Waals surface area contributed by atoms with Gasteiger partial charge in [-0.2, -0.15) is 0 Å². The predicted molar refractivity (Wildman–Crippen MR) is 204 cm³/mol. The lowest BCUT2D eigenvalue weighted by Gasteiger charge is -2.27. The predicted octanol–water partition coefficient (Wildman–Crippen LogP) is 12.7. The average Bonchev–Trinajstić information content (AvgIpc) is 3.61. The summed E-state index contributed by atoms with van der Waals surface area (Å²) in [5, 5.41) is 1.58. The second-order valence-electron chi connectivity index (χ2n) is 11.3. The molecule has 0 bridgehead atoms. The lowest BCUT2D eigenvalue weighted by molar-refractivity contribution is 1.18. The maximum Gasteiger partial charge on any atom is 0.0630 e. The summed E-state index contributed by atoms with van der Waals surface area (Å²) in [5.41, 5.74) is 5.40. The normalized spacial score (nSPS) is 14.5. The third-order valence-electron chi connectivity index (χ3n) is 8.61. The van der Waals surface area contributed by atoms with Crippen molar-refractivity contribution >= 4 is 49.6 Å². The first-order valence-corrected chi connectivity index (χ1v) is 15.6. The maximum absolute atomic E-state index is 9.33. The monoisotopic (exact) mass is 623 g/mol. The molecule has 8 aromatic carbocycles. The molecule has 0 saturated heterocycles. The van der Waals surface area contributed by atoms with Crippen molar-refractivity contribution in [3.05, 3.63) is 194 Å². The van der Waals surface area contributed by atoms with E-state index in [2.05, 4.69) is 45.9 Å². The summed E-state index contributed by atoms with van der Waals surface area (Å²) in [6.07, 6.45) is 0. The highest BCUT2D eigenvalue weighted by molar-refractivity contribution is 6.16. The molecule has 0 amide bonds. The van der Waals surface area contributed by atoms with Crippen molar-refractivity contribution in [3.8, 4) is 27.9 Å². The van der Waals surface area contributed by atoms with Crippen molar-refractivity contribution in [3.63, 3.8) is 0 Å². The molecule has 48 heavy (non-hydrogen) atoms. The van der Waals surface area contributed by atoms with Crippen LogP contribution in [0.4, 0.5) is 17.1 Å².